The molecule has 0 aromatic rings. The van der Waals surface area contributed by atoms with Gasteiger partial charge in [-0.05, 0) is 131 Å². The Labute approximate surface area is 305 Å². The lowest BCUT2D eigenvalue weighted by atomic mass is 9.47. The van der Waals surface area contributed by atoms with Crippen molar-refractivity contribution < 1.29 is 14.2 Å². The van der Waals surface area contributed by atoms with E-state index in [0.717, 1.165) is 68.5 Å². The van der Waals surface area contributed by atoms with Crippen LogP contribution in [0.2, 0.25) is 0 Å². The lowest BCUT2D eigenvalue weighted by Gasteiger charge is -2.58. The van der Waals surface area contributed by atoms with E-state index in [9.17, 15) is 0 Å². The lowest BCUT2D eigenvalue weighted by Crippen LogP contribution is -2.51. The normalized spacial score (nSPS) is 32.5. The average Bonchev–Trinajstić information content (AvgIpc) is 3.43. The van der Waals surface area contributed by atoms with Crippen molar-refractivity contribution >= 4 is 0 Å². The van der Waals surface area contributed by atoms with Crippen LogP contribution in [0.5, 0.6) is 0 Å². The van der Waals surface area contributed by atoms with Gasteiger partial charge in [-0.1, -0.05) is 111 Å². The summed E-state index contributed by atoms with van der Waals surface area (Å²) in [6, 6.07) is 0.354. The van der Waals surface area contributed by atoms with Gasteiger partial charge in [0.15, 0.2) is 0 Å². The van der Waals surface area contributed by atoms with E-state index in [1.54, 1.807) is 5.57 Å². The highest BCUT2D eigenvalue weighted by Crippen LogP contribution is 2.67. The minimum absolute atomic E-state index is 0.354. The standard InChI is InChI=1S/C45H83NO3/c1-9-10-15-29-47-33-38(46(7)8)34-48-30-16-13-11-12-14-17-31-49-39-25-27-44(5)37(32-39)21-22-40-42-24-23-41(36(4)20-18-19-35(2)3)45(42,6)28-26-43(40)44/h21,35-36,38-43H,9-20,22-34H2,1-8H3/t36-,38+,39?,40+,41-,42+,43+,44+,45-/m1/s1. The first kappa shape index (κ1) is 41.3. The minimum atomic E-state index is 0.354. The van der Waals surface area contributed by atoms with Gasteiger partial charge in [0.25, 0.3) is 0 Å². The first-order valence-corrected chi connectivity index (χ1v) is 21.7. The van der Waals surface area contributed by atoms with Crippen LogP contribution in [-0.2, 0) is 14.2 Å². The molecule has 0 amide bonds. The maximum absolute atomic E-state index is 6.56. The Bertz CT molecular complexity index is 948. The molecule has 0 aromatic heterocycles. The molecule has 0 saturated heterocycles. The number of unbranched alkanes of at least 4 members (excludes halogenated alkanes) is 7. The molecular formula is C45H83NO3. The van der Waals surface area contributed by atoms with Gasteiger partial charge in [0, 0.05) is 19.8 Å². The van der Waals surface area contributed by atoms with Gasteiger partial charge in [-0.2, -0.15) is 0 Å². The quantitative estimate of drug-likeness (QED) is 0.0747. The van der Waals surface area contributed by atoms with E-state index < -0.39 is 0 Å². The third-order valence-electron chi connectivity index (χ3n) is 14.5. The highest BCUT2D eigenvalue weighted by atomic mass is 16.5. The summed E-state index contributed by atoms with van der Waals surface area (Å²) in [5.41, 5.74) is 2.81. The molecule has 0 aliphatic heterocycles. The molecule has 4 aliphatic carbocycles. The van der Waals surface area contributed by atoms with Gasteiger partial charge < -0.3 is 19.1 Å². The maximum atomic E-state index is 6.56. The smallest absolute Gasteiger partial charge is 0.0644 e. The SMILES string of the molecule is CCCCCOC[C@@H](COCCCCCCCCOC1CC[C@@]2(C)C(=CC[C@H]3[C@@H]4CC[C@H]([C@H](C)CCCC(C)C)[C@@]4(C)CC[C@@H]32)C1)N(C)C. The molecule has 4 aliphatic rings. The average molecular weight is 686 g/mol. The van der Waals surface area contributed by atoms with Crippen LogP contribution in [0.4, 0.5) is 0 Å². The van der Waals surface area contributed by atoms with Crippen molar-refractivity contribution in [2.75, 3.05) is 47.1 Å². The molecule has 0 N–H and O–H groups in total. The first-order valence-electron chi connectivity index (χ1n) is 21.7. The number of rotatable bonds is 24. The molecule has 0 aromatic carbocycles. The van der Waals surface area contributed by atoms with E-state index >= 15 is 0 Å². The Hall–Kier alpha value is -0.420. The van der Waals surface area contributed by atoms with Crippen LogP contribution in [-0.4, -0.2) is 64.2 Å². The summed E-state index contributed by atoms with van der Waals surface area (Å²) in [5.74, 6) is 5.51. The third kappa shape index (κ3) is 11.5. The number of hydrogen-bond donors (Lipinski definition) is 0. The van der Waals surface area contributed by atoms with Gasteiger partial charge in [-0.3, -0.25) is 0 Å². The molecular weight excluding hydrogens is 602 g/mol. The molecule has 3 fully saturated rings. The lowest BCUT2D eigenvalue weighted by molar-refractivity contribution is -0.0641. The second-order valence-electron chi connectivity index (χ2n) is 18.6. The molecule has 3 saturated carbocycles. The predicted octanol–water partition coefficient (Wildman–Crippen LogP) is 11.9. The summed E-state index contributed by atoms with van der Waals surface area (Å²) in [4.78, 5) is 2.24. The fraction of sp³-hybridized carbons (Fsp3) is 0.956. The van der Waals surface area contributed by atoms with Crippen molar-refractivity contribution in [3.63, 3.8) is 0 Å². The van der Waals surface area contributed by atoms with Crippen molar-refractivity contribution in [3.8, 4) is 0 Å². The largest absolute Gasteiger partial charge is 0.380 e. The van der Waals surface area contributed by atoms with E-state index in [2.05, 4.69) is 66.6 Å². The summed E-state index contributed by atoms with van der Waals surface area (Å²) >= 11 is 0. The fourth-order valence-electron chi connectivity index (χ4n) is 11.3. The van der Waals surface area contributed by atoms with Crippen molar-refractivity contribution in [2.24, 2.45) is 46.3 Å². The summed E-state index contributed by atoms with van der Waals surface area (Å²) in [7, 11) is 4.26. The zero-order valence-electron chi connectivity index (χ0n) is 34.0. The van der Waals surface area contributed by atoms with E-state index in [1.807, 2.05) is 0 Å². The van der Waals surface area contributed by atoms with Crippen LogP contribution >= 0.6 is 0 Å². The molecule has 9 atom stereocenters. The zero-order chi connectivity index (χ0) is 35.3. The topological polar surface area (TPSA) is 30.9 Å². The van der Waals surface area contributed by atoms with Crippen LogP contribution in [0, 0.1) is 46.3 Å². The van der Waals surface area contributed by atoms with E-state index in [-0.39, 0.29) is 0 Å². The van der Waals surface area contributed by atoms with Crippen LogP contribution in [0.15, 0.2) is 11.6 Å². The van der Waals surface area contributed by atoms with Crippen molar-refractivity contribution in [1.29, 1.82) is 0 Å². The Kier molecular flexibility index (Phi) is 17.5. The second-order valence-corrected chi connectivity index (χ2v) is 18.6. The summed E-state index contributed by atoms with van der Waals surface area (Å²) in [6.45, 7) is 19.3. The Morgan fingerprint density at radius 1 is 0.755 bits per heavy atom. The van der Waals surface area contributed by atoms with Crippen LogP contribution in [0.3, 0.4) is 0 Å². The van der Waals surface area contributed by atoms with Crippen LogP contribution < -0.4 is 0 Å². The Morgan fingerprint density at radius 3 is 2.10 bits per heavy atom. The Balaban J connectivity index is 1.08. The number of ether oxygens (including phenoxy) is 3. The van der Waals surface area contributed by atoms with Crippen LogP contribution in [0.25, 0.3) is 0 Å². The van der Waals surface area contributed by atoms with Gasteiger partial charge in [0.2, 0.25) is 0 Å². The van der Waals surface area contributed by atoms with E-state index in [1.165, 1.54) is 128 Å². The van der Waals surface area contributed by atoms with Gasteiger partial charge in [-0.25, -0.2) is 0 Å². The van der Waals surface area contributed by atoms with Gasteiger partial charge in [-0.15, -0.1) is 0 Å². The summed E-state index contributed by atoms with van der Waals surface area (Å²) in [6.07, 6.45) is 29.9. The molecule has 0 bridgehead atoms. The number of allylic oxidation sites excluding steroid dienone is 1. The molecule has 4 rings (SSSR count). The van der Waals surface area contributed by atoms with E-state index in [0.29, 0.717) is 23.0 Å². The van der Waals surface area contributed by atoms with Crippen molar-refractivity contribution in [2.45, 2.75) is 182 Å². The fourth-order valence-corrected chi connectivity index (χ4v) is 11.3. The molecule has 4 heteroatoms. The Morgan fingerprint density at radius 2 is 1.43 bits per heavy atom. The summed E-state index contributed by atoms with van der Waals surface area (Å²) in [5, 5.41) is 0. The number of nitrogens with zero attached hydrogens (tertiary/aromatic N) is 1. The number of likely N-dealkylation sites (N-methyl/N-ethyl adjacent to an activating group) is 1. The molecule has 49 heavy (non-hydrogen) atoms. The zero-order valence-corrected chi connectivity index (χ0v) is 34.0. The minimum Gasteiger partial charge on any atom is -0.380 e. The molecule has 0 spiro atoms. The first-order chi connectivity index (χ1) is 23.6. The predicted molar refractivity (Wildman–Crippen MR) is 209 cm³/mol. The van der Waals surface area contributed by atoms with Gasteiger partial charge in [0.05, 0.1) is 25.4 Å². The highest BCUT2D eigenvalue weighted by Gasteiger charge is 2.59. The second kappa shape index (κ2) is 20.7. The van der Waals surface area contributed by atoms with Crippen LogP contribution in [0.1, 0.15) is 170 Å². The number of hydrogen-bond acceptors (Lipinski definition) is 4. The number of fused-ring (bicyclic) bond motifs is 5. The molecule has 1 unspecified atom stereocenters. The van der Waals surface area contributed by atoms with Crippen molar-refractivity contribution in [1.82, 2.24) is 4.90 Å². The molecule has 4 nitrogen and oxygen atoms in total. The summed E-state index contributed by atoms with van der Waals surface area (Å²) < 4.78 is 18.5. The van der Waals surface area contributed by atoms with Crippen molar-refractivity contribution in [3.05, 3.63) is 11.6 Å². The molecule has 0 radical (unpaired) electrons. The highest BCUT2D eigenvalue weighted by molar-refractivity contribution is 5.25. The monoisotopic (exact) mass is 686 g/mol. The van der Waals surface area contributed by atoms with Gasteiger partial charge in [0.1, 0.15) is 0 Å². The maximum Gasteiger partial charge on any atom is 0.0644 e. The van der Waals surface area contributed by atoms with E-state index in [4.69, 9.17) is 14.2 Å². The molecule has 286 valence electrons. The molecule has 0 heterocycles. The van der Waals surface area contributed by atoms with Gasteiger partial charge >= 0.3 is 0 Å². The third-order valence-corrected chi connectivity index (χ3v) is 14.5.